The van der Waals surface area contributed by atoms with Crippen molar-refractivity contribution in [3.63, 3.8) is 0 Å². The molecule has 0 bridgehead atoms. The van der Waals surface area contributed by atoms with Gasteiger partial charge in [-0.2, -0.15) is 0 Å². The molecule has 0 amide bonds. The third-order valence-corrected chi connectivity index (χ3v) is 11.2. The molecule has 0 fully saturated rings. The van der Waals surface area contributed by atoms with Gasteiger partial charge in [0.05, 0.1) is 0 Å². The van der Waals surface area contributed by atoms with E-state index in [1.54, 1.807) is 0 Å². The van der Waals surface area contributed by atoms with Gasteiger partial charge in [-0.1, -0.05) is 265 Å². The zero-order chi connectivity index (χ0) is 47.9. The zero-order valence-electron chi connectivity index (χ0n) is 42.7. The maximum absolute atomic E-state index is 12.8. The van der Waals surface area contributed by atoms with Crippen molar-refractivity contribution < 1.29 is 28.6 Å². The molecule has 1 atom stereocenters. The van der Waals surface area contributed by atoms with Crippen molar-refractivity contribution in [2.24, 2.45) is 0 Å². The molecule has 0 radical (unpaired) electrons. The van der Waals surface area contributed by atoms with Crippen LogP contribution in [0.4, 0.5) is 0 Å². The van der Waals surface area contributed by atoms with Crippen molar-refractivity contribution in [3.05, 3.63) is 109 Å². The van der Waals surface area contributed by atoms with E-state index in [4.69, 9.17) is 14.2 Å². The van der Waals surface area contributed by atoms with Crippen molar-refractivity contribution in [1.29, 1.82) is 0 Å². The van der Waals surface area contributed by atoms with Crippen LogP contribution in [0.1, 0.15) is 233 Å². The molecule has 374 valence electrons. The largest absolute Gasteiger partial charge is 0.462 e. The van der Waals surface area contributed by atoms with E-state index in [0.29, 0.717) is 19.3 Å². The van der Waals surface area contributed by atoms with Gasteiger partial charge in [0.2, 0.25) is 0 Å². The average molecular weight is 915 g/mol. The van der Waals surface area contributed by atoms with Gasteiger partial charge in [0.15, 0.2) is 6.10 Å². The highest BCUT2D eigenvalue weighted by Crippen LogP contribution is 2.16. The van der Waals surface area contributed by atoms with Crippen molar-refractivity contribution >= 4 is 17.9 Å². The van der Waals surface area contributed by atoms with E-state index < -0.39 is 6.10 Å². The van der Waals surface area contributed by atoms with Crippen LogP contribution >= 0.6 is 0 Å². The summed E-state index contributed by atoms with van der Waals surface area (Å²) in [5.41, 5.74) is 0. The summed E-state index contributed by atoms with van der Waals surface area (Å²) in [5.74, 6) is -0.969. The molecule has 0 rings (SSSR count). The van der Waals surface area contributed by atoms with Crippen molar-refractivity contribution in [2.45, 2.75) is 239 Å². The van der Waals surface area contributed by atoms with Crippen LogP contribution in [0.5, 0.6) is 0 Å². The standard InChI is InChI=1S/C60H98O6/c1-4-7-10-13-16-19-22-25-27-29-31-32-35-38-41-44-47-50-53-59(62)65-56-57(55-64-58(61)52-49-46-43-40-37-34-24-21-18-15-12-9-6-3)66-60(63)54-51-48-45-42-39-36-33-30-28-26-23-20-17-14-11-8-5-2/h8-9,11-12,14-15,17-18,20-21,23-24,26,28,30,33,36,39,57H,4-7,10,13,16,19,22,25,27,29,31-32,34-35,37-38,40-56H2,1-3H3/b11-8-,12-9-,17-14-,18-15-,23-20-,24-21-,28-26-,33-30+,39-36-. The summed E-state index contributed by atoms with van der Waals surface area (Å²) >= 11 is 0. The molecule has 6 heteroatoms. The van der Waals surface area contributed by atoms with E-state index in [1.165, 1.54) is 96.3 Å². The van der Waals surface area contributed by atoms with Gasteiger partial charge in [-0.05, 0) is 57.8 Å². The molecule has 0 spiro atoms. The molecule has 6 nitrogen and oxygen atoms in total. The molecule has 0 N–H and O–H groups in total. The molecule has 1 unspecified atom stereocenters. The summed E-state index contributed by atoms with van der Waals surface area (Å²) in [7, 11) is 0. The first-order valence-electron chi connectivity index (χ1n) is 27.0. The number of unbranched alkanes of at least 4 members (excludes halogenated alkanes) is 25. The second-order valence-electron chi connectivity index (χ2n) is 17.6. The Morgan fingerprint density at radius 1 is 0.318 bits per heavy atom. The SMILES string of the molecule is CC\C=C/C=C\C=C/C=C\C=C\C=C/CCCCCC(=O)OC(COC(=O)CCCCCCC\C=C/C=C\C=C/CC)COC(=O)CCCCCCCCCCCCCCCCCCCC. The van der Waals surface area contributed by atoms with E-state index in [1.807, 2.05) is 60.8 Å². The number of hydrogen-bond acceptors (Lipinski definition) is 6. The van der Waals surface area contributed by atoms with E-state index in [2.05, 4.69) is 69.4 Å². The monoisotopic (exact) mass is 915 g/mol. The molecule has 0 aromatic rings. The minimum absolute atomic E-state index is 0.103. The molecule has 0 aliphatic rings. The van der Waals surface area contributed by atoms with Gasteiger partial charge in [0.1, 0.15) is 13.2 Å². The van der Waals surface area contributed by atoms with Gasteiger partial charge in [-0.3, -0.25) is 14.4 Å². The zero-order valence-corrected chi connectivity index (χ0v) is 42.7. The quantitative estimate of drug-likeness (QED) is 0.0262. The summed E-state index contributed by atoms with van der Waals surface area (Å²) in [6.45, 7) is 6.31. The maximum atomic E-state index is 12.8. The molecule has 0 heterocycles. The molecular weight excluding hydrogens is 817 g/mol. The highest BCUT2D eigenvalue weighted by atomic mass is 16.6. The number of hydrogen-bond donors (Lipinski definition) is 0. The van der Waals surface area contributed by atoms with Crippen molar-refractivity contribution in [1.82, 2.24) is 0 Å². The molecule has 0 aromatic heterocycles. The highest BCUT2D eigenvalue weighted by Gasteiger charge is 2.19. The van der Waals surface area contributed by atoms with Crippen molar-refractivity contribution in [2.75, 3.05) is 13.2 Å². The number of ether oxygens (including phenoxy) is 3. The first-order valence-corrected chi connectivity index (χ1v) is 27.0. The lowest BCUT2D eigenvalue weighted by molar-refractivity contribution is -0.167. The Morgan fingerprint density at radius 3 is 0.939 bits per heavy atom. The average Bonchev–Trinajstić information content (AvgIpc) is 3.31. The predicted molar refractivity (Wildman–Crippen MR) is 283 cm³/mol. The molecule has 0 aliphatic heterocycles. The molecule has 66 heavy (non-hydrogen) atoms. The summed E-state index contributed by atoms with van der Waals surface area (Å²) in [4.78, 5) is 38.1. The summed E-state index contributed by atoms with van der Waals surface area (Å²) in [6.07, 6.45) is 72.2. The lowest BCUT2D eigenvalue weighted by atomic mass is 10.0. The second kappa shape index (κ2) is 53.7. The topological polar surface area (TPSA) is 78.9 Å². The van der Waals surface area contributed by atoms with E-state index >= 15 is 0 Å². The Kier molecular flexibility index (Phi) is 50.5. The van der Waals surface area contributed by atoms with Gasteiger partial charge in [0, 0.05) is 19.3 Å². The van der Waals surface area contributed by atoms with E-state index in [0.717, 1.165) is 89.9 Å². The fourth-order valence-corrected chi connectivity index (χ4v) is 7.24. The Bertz CT molecular complexity index is 1370. The number of carbonyl (C=O) groups is 3. The Balaban J connectivity index is 4.48. The van der Waals surface area contributed by atoms with Crippen LogP contribution in [0.3, 0.4) is 0 Å². The van der Waals surface area contributed by atoms with Gasteiger partial charge in [-0.25, -0.2) is 0 Å². The fourth-order valence-electron chi connectivity index (χ4n) is 7.24. The molecular formula is C60H98O6. The number of esters is 3. The smallest absolute Gasteiger partial charge is 0.306 e. The Labute approximate surface area is 406 Å². The first kappa shape index (κ1) is 62.1. The summed E-state index contributed by atoms with van der Waals surface area (Å²) < 4.78 is 16.8. The molecule has 0 aromatic carbocycles. The van der Waals surface area contributed by atoms with E-state index in [-0.39, 0.29) is 37.5 Å². The lowest BCUT2D eigenvalue weighted by Crippen LogP contribution is -2.30. The van der Waals surface area contributed by atoms with Crippen molar-refractivity contribution in [3.8, 4) is 0 Å². The van der Waals surface area contributed by atoms with Gasteiger partial charge in [0.25, 0.3) is 0 Å². The minimum atomic E-state index is -0.810. The number of carbonyl (C=O) groups excluding carboxylic acids is 3. The Hall–Kier alpha value is -3.93. The van der Waals surface area contributed by atoms with Crippen LogP contribution in [0, 0.1) is 0 Å². The number of allylic oxidation sites excluding steroid dienone is 18. The minimum Gasteiger partial charge on any atom is -0.462 e. The van der Waals surface area contributed by atoms with Crippen LogP contribution in [-0.2, 0) is 28.6 Å². The Morgan fingerprint density at radius 2 is 0.591 bits per heavy atom. The highest BCUT2D eigenvalue weighted by molar-refractivity contribution is 5.71. The van der Waals surface area contributed by atoms with Gasteiger partial charge in [-0.15, -0.1) is 0 Å². The van der Waals surface area contributed by atoms with Crippen LogP contribution in [0.25, 0.3) is 0 Å². The number of rotatable bonds is 47. The molecule has 0 saturated heterocycles. The lowest BCUT2D eigenvalue weighted by Gasteiger charge is -2.18. The molecule has 0 aliphatic carbocycles. The summed E-state index contributed by atoms with van der Waals surface area (Å²) in [6, 6.07) is 0. The van der Waals surface area contributed by atoms with Gasteiger partial charge < -0.3 is 14.2 Å². The van der Waals surface area contributed by atoms with Gasteiger partial charge >= 0.3 is 17.9 Å². The first-order chi connectivity index (χ1) is 32.5. The predicted octanol–water partition coefficient (Wildman–Crippen LogP) is 17.9. The fraction of sp³-hybridized carbons (Fsp3) is 0.650. The maximum Gasteiger partial charge on any atom is 0.306 e. The second-order valence-corrected chi connectivity index (χ2v) is 17.6. The third-order valence-electron chi connectivity index (χ3n) is 11.2. The normalized spacial score (nSPS) is 13.0. The molecule has 0 saturated carbocycles. The van der Waals surface area contributed by atoms with E-state index in [9.17, 15) is 14.4 Å². The summed E-state index contributed by atoms with van der Waals surface area (Å²) in [5, 5.41) is 0. The van der Waals surface area contributed by atoms with Crippen LogP contribution < -0.4 is 0 Å². The van der Waals surface area contributed by atoms with Crippen LogP contribution in [0.2, 0.25) is 0 Å². The third kappa shape index (κ3) is 51.1. The van der Waals surface area contributed by atoms with Crippen LogP contribution in [0.15, 0.2) is 109 Å². The van der Waals surface area contributed by atoms with Crippen LogP contribution in [-0.4, -0.2) is 37.2 Å².